The summed E-state index contributed by atoms with van der Waals surface area (Å²) in [6, 6.07) is 14.5. The topological polar surface area (TPSA) is 102 Å². The van der Waals surface area contributed by atoms with Crippen LogP contribution in [-0.2, 0) is 13.0 Å². The lowest BCUT2D eigenvalue weighted by Gasteiger charge is -2.26. The lowest BCUT2D eigenvalue weighted by atomic mass is 10.1. The van der Waals surface area contributed by atoms with Crippen LogP contribution in [0.3, 0.4) is 0 Å². The average Bonchev–Trinajstić information content (AvgIpc) is 2.94. The van der Waals surface area contributed by atoms with E-state index in [1.165, 1.54) is 0 Å². The molecule has 41 heavy (non-hydrogen) atoms. The molecule has 9 nitrogen and oxygen atoms in total. The number of carbonyl (C=O) groups is 1. The summed E-state index contributed by atoms with van der Waals surface area (Å²) >= 11 is 0. The first kappa shape index (κ1) is 30.0. The van der Waals surface area contributed by atoms with E-state index in [0.717, 1.165) is 42.8 Å². The summed E-state index contributed by atoms with van der Waals surface area (Å²) in [4.78, 5) is 27.5. The largest absolute Gasteiger partial charge is 0.494 e. The maximum Gasteiger partial charge on any atom is 0.422 e. The highest BCUT2D eigenvalue weighted by Crippen LogP contribution is 2.19. The molecule has 0 unspecified atom stereocenters. The number of ether oxygens (including phenoxy) is 2. The Bertz CT molecular complexity index is 1270. The van der Waals surface area contributed by atoms with Gasteiger partial charge in [0.2, 0.25) is 5.95 Å². The van der Waals surface area contributed by atoms with Crippen LogP contribution in [0.4, 0.5) is 19.1 Å². The molecule has 0 atom stereocenters. The second kappa shape index (κ2) is 14.1. The van der Waals surface area contributed by atoms with Crippen LogP contribution in [0.5, 0.6) is 11.8 Å². The number of anilines is 1. The number of alkyl halides is 3. The van der Waals surface area contributed by atoms with Crippen molar-refractivity contribution in [3.05, 3.63) is 71.0 Å². The van der Waals surface area contributed by atoms with Crippen LogP contribution in [-0.4, -0.2) is 70.8 Å². The molecular formula is C29H35F3N6O3. The normalized spacial score (nSPS) is 16.0. The first-order valence-electron chi connectivity index (χ1n) is 13.7. The molecule has 6 bridgehead atoms. The summed E-state index contributed by atoms with van der Waals surface area (Å²) < 4.78 is 49.0. The van der Waals surface area contributed by atoms with E-state index in [0.29, 0.717) is 31.3 Å². The number of benzene rings is 2. The predicted molar refractivity (Wildman–Crippen MR) is 148 cm³/mol. The third kappa shape index (κ3) is 9.89. The van der Waals surface area contributed by atoms with E-state index in [1.54, 1.807) is 24.3 Å². The van der Waals surface area contributed by atoms with Crippen molar-refractivity contribution in [1.82, 2.24) is 25.2 Å². The van der Waals surface area contributed by atoms with Crippen molar-refractivity contribution in [2.45, 2.75) is 51.9 Å². The highest BCUT2D eigenvalue weighted by Gasteiger charge is 2.29. The molecule has 220 valence electrons. The van der Waals surface area contributed by atoms with E-state index in [4.69, 9.17) is 9.47 Å². The monoisotopic (exact) mass is 572 g/mol. The van der Waals surface area contributed by atoms with Crippen LogP contribution in [0.15, 0.2) is 48.5 Å². The van der Waals surface area contributed by atoms with E-state index in [1.807, 2.05) is 24.3 Å². The molecule has 0 fully saturated rings. The number of nitrogens with zero attached hydrogens (tertiary/aromatic N) is 4. The fraction of sp³-hybridized carbons (Fsp3) is 0.448. The number of hydrogen-bond donors (Lipinski definition) is 2. The quantitative estimate of drug-likeness (QED) is 0.469. The van der Waals surface area contributed by atoms with E-state index in [2.05, 4.69) is 44.3 Å². The molecule has 7 rings (SSSR count). The van der Waals surface area contributed by atoms with E-state index < -0.39 is 18.8 Å². The van der Waals surface area contributed by atoms with Crippen molar-refractivity contribution in [2.24, 2.45) is 0 Å². The number of amides is 1. The number of halogens is 3. The van der Waals surface area contributed by atoms with Gasteiger partial charge in [-0.2, -0.15) is 28.1 Å². The van der Waals surface area contributed by atoms with Crippen molar-refractivity contribution in [3.8, 4) is 11.8 Å². The molecule has 2 N–H and O–H groups in total. The molecule has 5 heterocycles. The lowest BCUT2D eigenvalue weighted by molar-refractivity contribution is -0.154. The molecule has 1 amide bonds. The molecule has 2 aromatic carbocycles. The predicted octanol–water partition coefficient (Wildman–Crippen LogP) is 4.63. The van der Waals surface area contributed by atoms with Gasteiger partial charge in [-0.25, -0.2) is 0 Å². The van der Waals surface area contributed by atoms with E-state index in [-0.39, 0.29) is 24.1 Å². The molecule has 4 aliphatic heterocycles. The Labute approximate surface area is 237 Å². The molecule has 4 aliphatic rings. The molecule has 0 spiro atoms. The molecule has 0 aliphatic carbocycles. The molecule has 3 aromatic rings. The Morgan fingerprint density at radius 3 is 2.37 bits per heavy atom. The molecule has 0 saturated carbocycles. The highest BCUT2D eigenvalue weighted by atomic mass is 19.4. The maximum absolute atomic E-state index is 12.8. The van der Waals surface area contributed by atoms with Gasteiger partial charge >= 0.3 is 12.2 Å². The van der Waals surface area contributed by atoms with Gasteiger partial charge in [0.05, 0.1) is 6.61 Å². The fourth-order valence-corrected chi connectivity index (χ4v) is 4.28. The van der Waals surface area contributed by atoms with Crippen LogP contribution < -0.4 is 20.1 Å². The van der Waals surface area contributed by atoms with E-state index in [9.17, 15) is 18.0 Å². The second-order valence-corrected chi connectivity index (χ2v) is 10.1. The van der Waals surface area contributed by atoms with Crippen LogP contribution in [0, 0.1) is 0 Å². The average molecular weight is 573 g/mol. The highest BCUT2D eigenvalue weighted by molar-refractivity contribution is 5.94. The van der Waals surface area contributed by atoms with Crippen molar-refractivity contribution >= 4 is 11.9 Å². The van der Waals surface area contributed by atoms with Gasteiger partial charge in [0.15, 0.2) is 6.61 Å². The number of rotatable bonds is 3. The number of carbonyl (C=O) groups excluding carboxylic acids is 1. The first-order chi connectivity index (χ1) is 19.6. The van der Waals surface area contributed by atoms with Crippen LogP contribution in [0.1, 0.15) is 54.0 Å². The third-order valence-corrected chi connectivity index (χ3v) is 6.47. The standard InChI is InChI=1S/C29H35F3N6O3/c1-20(2)38-14-3-13-33-26(39)23-9-5-21(6-10-23)17-25-35-27(37-28(36-25)41-19-29(30,31)32)34-18-22-7-11-24(12-8-22)40-16-4-15-38/h5-12,20H,3-4,13-19H2,1-2H3,(H,33,39)(H,34,35,36,37). The van der Waals surface area contributed by atoms with Gasteiger partial charge in [-0.05, 0) is 62.1 Å². The zero-order chi connectivity index (χ0) is 29.2. The van der Waals surface area contributed by atoms with Crippen molar-refractivity contribution < 1.29 is 27.4 Å². The van der Waals surface area contributed by atoms with Crippen LogP contribution >= 0.6 is 0 Å². The molecule has 1 aromatic heterocycles. The number of hydrogen-bond acceptors (Lipinski definition) is 8. The van der Waals surface area contributed by atoms with Gasteiger partial charge in [-0.15, -0.1) is 0 Å². The van der Waals surface area contributed by atoms with Gasteiger partial charge in [-0.1, -0.05) is 24.3 Å². The molecule has 12 heteroatoms. The minimum atomic E-state index is -4.53. The lowest BCUT2D eigenvalue weighted by Crippen LogP contribution is -2.35. The summed E-state index contributed by atoms with van der Waals surface area (Å²) in [6.07, 6.45) is -2.65. The van der Waals surface area contributed by atoms with Gasteiger partial charge in [0.1, 0.15) is 11.6 Å². The fourth-order valence-electron chi connectivity index (χ4n) is 4.28. The van der Waals surface area contributed by atoms with Gasteiger partial charge in [-0.3, -0.25) is 4.79 Å². The van der Waals surface area contributed by atoms with Gasteiger partial charge in [0, 0.05) is 44.2 Å². The minimum absolute atomic E-state index is 0.0904. The molecule has 0 saturated heterocycles. The van der Waals surface area contributed by atoms with Crippen molar-refractivity contribution in [3.63, 3.8) is 0 Å². The summed E-state index contributed by atoms with van der Waals surface area (Å²) in [5.74, 6) is 0.895. The minimum Gasteiger partial charge on any atom is -0.494 e. The second-order valence-electron chi connectivity index (χ2n) is 10.1. The van der Waals surface area contributed by atoms with Gasteiger partial charge < -0.3 is 25.0 Å². The van der Waals surface area contributed by atoms with Crippen LogP contribution in [0.2, 0.25) is 0 Å². The van der Waals surface area contributed by atoms with Crippen molar-refractivity contribution in [2.75, 3.05) is 38.2 Å². The Morgan fingerprint density at radius 1 is 0.951 bits per heavy atom. The zero-order valence-electron chi connectivity index (χ0n) is 23.2. The number of nitrogens with one attached hydrogen (secondary N) is 2. The zero-order valence-corrected chi connectivity index (χ0v) is 23.2. The Kier molecular flexibility index (Phi) is 10.3. The smallest absolute Gasteiger partial charge is 0.422 e. The maximum atomic E-state index is 12.8. The Hall–Kier alpha value is -3.93. The molecular weight excluding hydrogens is 537 g/mol. The first-order valence-corrected chi connectivity index (χ1v) is 13.7. The summed E-state index contributed by atoms with van der Waals surface area (Å²) in [6.45, 7) is 6.01. The van der Waals surface area contributed by atoms with Crippen molar-refractivity contribution in [1.29, 1.82) is 0 Å². The molecule has 0 radical (unpaired) electrons. The summed E-state index contributed by atoms with van der Waals surface area (Å²) in [5, 5.41) is 6.01. The summed E-state index contributed by atoms with van der Waals surface area (Å²) in [5.41, 5.74) is 2.20. The van der Waals surface area contributed by atoms with Gasteiger partial charge in [0.25, 0.3) is 5.91 Å². The SMILES string of the molecule is CC(C)N1CCCNC(=O)c2ccc(cc2)Cc2nc(nc(OCC(F)(F)F)n2)NCc2ccc(cc2)OCCC1. The van der Waals surface area contributed by atoms with Crippen LogP contribution in [0.25, 0.3) is 0 Å². The Morgan fingerprint density at radius 2 is 1.66 bits per heavy atom. The number of aromatic nitrogens is 3. The van der Waals surface area contributed by atoms with E-state index >= 15 is 0 Å². The third-order valence-electron chi connectivity index (χ3n) is 6.47. The summed E-state index contributed by atoms with van der Waals surface area (Å²) in [7, 11) is 0. The Balaban J connectivity index is 1.54.